The van der Waals surface area contributed by atoms with Crippen LogP contribution in [-0.4, -0.2) is 30.6 Å². The van der Waals surface area contributed by atoms with Gasteiger partial charge >= 0.3 is 0 Å². The molecule has 1 unspecified atom stereocenters. The maximum atomic E-state index is 12.1. The van der Waals surface area contributed by atoms with E-state index < -0.39 is 15.6 Å². The van der Waals surface area contributed by atoms with Gasteiger partial charge in [-0.25, -0.2) is 8.42 Å². The molecule has 0 bridgehead atoms. The summed E-state index contributed by atoms with van der Waals surface area (Å²) < 4.78 is 25.8. The molecule has 0 aromatic heterocycles. The average molecular weight is 256 g/mol. The van der Waals surface area contributed by atoms with Crippen molar-refractivity contribution >= 4 is 10.0 Å². The monoisotopic (exact) mass is 256 g/mol. The van der Waals surface area contributed by atoms with Crippen molar-refractivity contribution in [2.75, 3.05) is 12.3 Å². The number of sulfonamides is 1. The van der Waals surface area contributed by atoms with Crippen LogP contribution in [0.4, 0.5) is 0 Å². The first-order valence-corrected chi connectivity index (χ1v) is 8.03. The minimum atomic E-state index is -3.21. The summed E-state index contributed by atoms with van der Waals surface area (Å²) in [6, 6.07) is 2.32. The summed E-state index contributed by atoms with van der Waals surface area (Å²) in [5.41, 5.74) is -0.750. The highest BCUT2D eigenvalue weighted by Crippen LogP contribution is 2.37. The van der Waals surface area contributed by atoms with Gasteiger partial charge in [0, 0.05) is 6.54 Å². The Balaban J connectivity index is 2.32. The summed E-state index contributed by atoms with van der Waals surface area (Å²) in [6.07, 6.45) is 5.58. The van der Waals surface area contributed by atoms with Crippen LogP contribution in [-0.2, 0) is 10.0 Å². The Morgan fingerprint density at radius 3 is 2.24 bits per heavy atom. The lowest BCUT2D eigenvalue weighted by molar-refractivity contribution is 0.223. The largest absolute Gasteiger partial charge is 0.215 e. The minimum Gasteiger partial charge on any atom is -0.212 e. The summed E-state index contributed by atoms with van der Waals surface area (Å²) >= 11 is 0. The van der Waals surface area contributed by atoms with Gasteiger partial charge < -0.3 is 0 Å². The molecule has 1 saturated carbocycles. The predicted octanol–water partition coefficient (Wildman–Crippen LogP) is 1.88. The van der Waals surface area contributed by atoms with E-state index in [1.165, 1.54) is 4.31 Å². The number of hydrogen-bond donors (Lipinski definition) is 0. The fraction of sp³-hybridized carbons (Fsp3) is 0.917. The molecule has 2 aliphatic rings. The van der Waals surface area contributed by atoms with Gasteiger partial charge in [0.2, 0.25) is 10.0 Å². The van der Waals surface area contributed by atoms with Crippen LogP contribution >= 0.6 is 0 Å². The fourth-order valence-corrected chi connectivity index (χ4v) is 5.31. The van der Waals surface area contributed by atoms with Crippen molar-refractivity contribution < 1.29 is 8.42 Å². The molecule has 2 fully saturated rings. The summed E-state index contributed by atoms with van der Waals surface area (Å²) in [4.78, 5) is 0. The molecule has 1 aliphatic carbocycles. The lowest BCUT2D eigenvalue weighted by Crippen LogP contribution is -2.48. The molecule has 5 heteroatoms. The second-order valence-electron chi connectivity index (χ2n) is 5.47. The molecule has 1 heterocycles. The molecule has 4 nitrogen and oxygen atoms in total. The SMILES string of the molecule is CC1CN(C2(C#N)CCCCCC2)S(=O)(=O)C1. The van der Waals surface area contributed by atoms with Gasteiger partial charge in [0.1, 0.15) is 5.54 Å². The summed E-state index contributed by atoms with van der Waals surface area (Å²) in [7, 11) is -3.21. The Kier molecular flexibility index (Phi) is 3.46. The van der Waals surface area contributed by atoms with Gasteiger partial charge in [0.25, 0.3) is 0 Å². The van der Waals surface area contributed by atoms with E-state index in [1.54, 1.807) is 0 Å². The van der Waals surface area contributed by atoms with E-state index >= 15 is 0 Å². The first-order valence-electron chi connectivity index (χ1n) is 6.42. The third kappa shape index (κ3) is 2.34. The van der Waals surface area contributed by atoms with Crippen molar-refractivity contribution in [1.82, 2.24) is 4.31 Å². The average Bonchev–Trinajstić information content (AvgIpc) is 2.48. The van der Waals surface area contributed by atoms with Gasteiger partial charge in [-0.3, -0.25) is 0 Å². The van der Waals surface area contributed by atoms with Crippen LogP contribution in [0, 0.1) is 17.2 Å². The molecular formula is C12H20N2O2S. The number of hydrogen-bond acceptors (Lipinski definition) is 3. The van der Waals surface area contributed by atoms with Crippen molar-refractivity contribution in [2.45, 2.75) is 51.0 Å². The Labute approximate surface area is 104 Å². The molecule has 17 heavy (non-hydrogen) atoms. The van der Waals surface area contributed by atoms with Crippen LogP contribution < -0.4 is 0 Å². The number of nitrogens with zero attached hydrogens (tertiary/aromatic N) is 2. The third-order valence-electron chi connectivity index (χ3n) is 3.92. The van der Waals surface area contributed by atoms with Gasteiger partial charge in [-0.05, 0) is 18.8 Å². The second kappa shape index (κ2) is 4.58. The molecule has 2 rings (SSSR count). The van der Waals surface area contributed by atoms with Crippen molar-refractivity contribution in [2.24, 2.45) is 5.92 Å². The van der Waals surface area contributed by atoms with Crippen LogP contribution in [0.3, 0.4) is 0 Å². The van der Waals surface area contributed by atoms with Crippen LogP contribution in [0.15, 0.2) is 0 Å². The molecule has 0 aromatic rings. The van der Waals surface area contributed by atoms with E-state index in [2.05, 4.69) is 6.07 Å². The molecule has 96 valence electrons. The number of nitriles is 1. The smallest absolute Gasteiger partial charge is 0.212 e. The van der Waals surface area contributed by atoms with Gasteiger partial charge in [-0.15, -0.1) is 0 Å². The van der Waals surface area contributed by atoms with Crippen LogP contribution in [0.1, 0.15) is 45.4 Å². The van der Waals surface area contributed by atoms with Crippen molar-refractivity contribution in [3.05, 3.63) is 0 Å². The predicted molar refractivity (Wildman–Crippen MR) is 65.7 cm³/mol. The third-order valence-corrected chi connectivity index (χ3v) is 6.09. The van der Waals surface area contributed by atoms with E-state index in [0.29, 0.717) is 19.4 Å². The summed E-state index contributed by atoms with van der Waals surface area (Å²) in [5.74, 6) is 0.352. The lowest BCUT2D eigenvalue weighted by atomic mass is 9.91. The molecule has 0 aromatic carbocycles. The van der Waals surface area contributed by atoms with E-state index in [9.17, 15) is 13.7 Å². The van der Waals surface area contributed by atoms with Crippen LogP contribution in [0.5, 0.6) is 0 Å². The minimum absolute atomic E-state index is 0.147. The maximum Gasteiger partial charge on any atom is 0.215 e. The zero-order valence-corrected chi connectivity index (χ0v) is 11.2. The number of rotatable bonds is 1. The molecule has 1 atom stereocenters. The summed E-state index contributed by atoms with van der Waals surface area (Å²) in [5, 5.41) is 9.49. The molecule has 0 N–H and O–H groups in total. The Morgan fingerprint density at radius 2 is 1.82 bits per heavy atom. The Bertz CT molecular complexity index is 416. The van der Waals surface area contributed by atoms with E-state index in [1.807, 2.05) is 6.92 Å². The Hall–Kier alpha value is -0.600. The quantitative estimate of drug-likeness (QED) is 0.673. The van der Waals surface area contributed by atoms with Crippen molar-refractivity contribution in [1.29, 1.82) is 5.26 Å². The molecule has 1 aliphatic heterocycles. The van der Waals surface area contributed by atoms with E-state index in [0.717, 1.165) is 25.7 Å². The van der Waals surface area contributed by atoms with Crippen LogP contribution in [0.25, 0.3) is 0 Å². The van der Waals surface area contributed by atoms with Crippen molar-refractivity contribution in [3.63, 3.8) is 0 Å². The fourth-order valence-electron chi connectivity index (χ4n) is 3.07. The molecule has 0 amide bonds. The highest BCUT2D eigenvalue weighted by Gasteiger charge is 2.48. The molecular weight excluding hydrogens is 236 g/mol. The van der Waals surface area contributed by atoms with E-state index in [-0.39, 0.29) is 11.7 Å². The highest BCUT2D eigenvalue weighted by atomic mass is 32.2. The zero-order chi connectivity index (χ0) is 12.5. The summed E-state index contributed by atoms with van der Waals surface area (Å²) in [6.45, 7) is 2.47. The first-order chi connectivity index (χ1) is 8.00. The zero-order valence-electron chi connectivity index (χ0n) is 10.4. The highest BCUT2D eigenvalue weighted by molar-refractivity contribution is 7.89. The van der Waals surface area contributed by atoms with Gasteiger partial charge in [0.15, 0.2) is 0 Å². The van der Waals surface area contributed by atoms with Gasteiger partial charge in [0.05, 0.1) is 11.8 Å². The molecule has 0 radical (unpaired) electrons. The molecule has 0 spiro atoms. The molecule has 1 saturated heterocycles. The van der Waals surface area contributed by atoms with Crippen LogP contribution in [0.2, 0.25) is 0 Å². The normalized spacial score (nSPS) is 32.8. The van der Waals surface area contributed by atoms with Crippen molar-refractivity contribution in [3.8, 4) is 6.07 Å². The first kappa shape index (κ1) is 12.8. The second-order valence-corrected chi connectivity index (χ2v) is 7.41. The van der Waals surface area contributed by atoms with Gasteiger partial charge in [-0.1, -0.05) is 32.6 Å². The topological polar surface area (TPSA) is 61.2 Å². The lowest BCUT2D eigenvalue weighted by Gasteiger charge is -2.33. The van der Waals surface area contributed by atoms with E-state index in [4.69, 9.17) is 0 Å². The maximum absolute atomic E-state index is 12.1. The standard InChI is InChI=1S/C12H20N2O2S/c1-11-8-14(17(15,16)9-11)12(10-13)6-4-2-3-5-7-12/h11H,2-9H2,1H3. The van der Waals surface area contributed by atoms with Gasteiger partial charge in [-0.2, -0.15) is 9.57 Å². The Morgan fingerprint density at radius 1 is 1.24 bits per heavy atom.